The summed E-state index contributed by atoms with van der Waals surface area (Å²) < 4.78 is 5.08. The zero-order valence-electron chi connectivity index (χ0n) is 16.2. The summed E-state index contributed by atoms with van der Waals surface area (Å²) in [6, 6.07) is 26.1. The van der Waals surface area contributed by atoms with Crippen LogP contribution in [0.15, 0.2) is 101 Å². The molecule has 1 heterocycles. The predicted molar refractivity (Wildman–Crippen MR) is 118 cm³/mol. The van der Waals surface area contributed by atoms with Gasteiger partial charge in [-0.1, -0.05) is 36.4 Å². The number of hydrogen-bond donors (Lipinski definition) is 2. The molecule has 0 atom stereocenters. The van der Waals surface area contributed by atoms with Gasteiger partial charge in [-0.05, 0) is 66.1 Å². The number of carbonyl (C=O) groups excluding carboxylic acids is 1. The van der Waals surface area contributed by atoms with Crippen molar-refractivity contribution in [3.05, 3.63) is 114 Å². The molecule has 2 N–H and O–H groups in total. The van der Waals surface area contributed by atoms with Crippen molar-refractivity contribution in [2.45, 2.75) is 6.42 Å². The number of nitrogens with zero attached hydrogens (tertiary/aromatic N) is 1. The highest BCUT2D eigenvalue weighted by Crippen LogP contribution is 2.21. The van der Waals surface area contributed by atoms with E-state index in [-0.39, 0.29) is 17.4 Å². The summed E-state index contributed by atoms with van der Waals surface area (Å²) in [5.41, 5.74) is 4.30. The summed E-state index contributed by atoms with van der Waals surface area (Å²) in [5, 5.41) is 12.9. The van der Waals surface area contributed by atoms with Gasteiger partial charge in [-0.3, -0.25) is 9.79 Å². The van der Waals surface area contributed by atoms with E-state index in [0.717, 1.165) is 12.0 Å². The standard InChI is InChI=1S/C25H20N2O3/c28-23-13-8-19(15-18-5-2-1-3-6-18)16-20(23)17-26-21-9-11-22(12-10-21)27-25(29)24-7-4-14-30-24/h1-14,16-17,28H,15H2,(H,27,29). The van der Waals surface area contributed by atoms with Gasteiger partial charge in [0, 0.05) is 17.5 Å². The number of carbonyl (C=O) groups is 1. The Labute approximate surface area is 174 Å². The van der Waals surface area contributed by atoms with Crippen LogP contribution in [0.2, 0.25) is 0 Å². The smallest absolute Gasteiger partial charge is 0.291 e. The first kappa shape index (κ1) is 19.2. The minimum Gasteiger partial charge on any atom is -0.507 e. The summed E-state index contributed by atoms with van der Waals surface area (Å²) in [6.07, 6.45) is 3.88. The Morgan fingerprint density at radius 1 is 0.933 bits per heavy atom. The molecule has 0 aliphatic heterocycles. The Balaban J connectivity index is 1.44. The van der Waals surface area contributed by atoms with Gasteiger partial charge in [0.25, 0.3) is 5.91 Å². The van der Waals surface area contributed by atoms with E-state index in [9.17, 15) is 9.90 Å². The second-order valence-electron chi connectivity index (χ2n) is 6.79. The average Bonchev–Trinajstić information content (AvgIpc) is 3.31. The fraction of sp³-hybridized carbons (Fsp3) is 0.0400. The molecule has 0 saturated carbocycles. The molecule has 0 fully saturated rings. The van der Waals surface area contributed by atoms with Crippen LogP contribution in [0, 0.1) is 0 Å². The third-order valence-corrected chi connectivity index (χ3v) is 4.57. The summed E-state index contributed by atoms with van der Waals surface area (Å²) in [7, 11) is 0. The topological polar surface area (TPSA) is 74.8 Å². The maximum atomic E-state index is 12.0. The van der Waals surface area contributed by atoms with Gasteiger partial charge >= 0.3 is 0 Å². The second kappa shape index (κ2) is 8.92. The van der Waals surface area contributed by atoms with Crippen LogP contribution in [0.5, 0.6) is 5.75 Å². The molecule has 0 unspecified atom stereocenters. The van der Waals surface area contributed by atoms with Crippen molar-refractivity contribution < 1.29 is 14.3 Å². The van der Waals surface area contributed by atoms with E-state index in [0.29, 0.717) is 16.9 Å². The molecule has 0 aliphatic carbocycles. The molecule has 4 rings (SSSR count). The number of aromatic hydroxyl groups is 1. The second-order valence-corrected chi connectivity index (χ2v) is 6.79. The van der Waals surface area contributed by atoms with Crippen LogP contribution in [-0.4, -0.2) is 17.2 Å². The summed E-state index contributed by atoms with van der Waals surface area (Å²) in [6.45, 7) is 0. The van der Waals surface area contributed by atoms with E-state index >= 15 is 0 Å². The van der Waals surface area contributed by atoms with E-state index in [1.165, 1.54) is 11.8 Å². The van der Waals surface area contributed by atoms with Crippen molar-refractivity contribution in [1.82, 2.24) is 0 Å². The molecule has 5 nitrogen and oxygen atoms in total. The van der Waals surface area contributed by atoms with Crippen molar-refractivity contribution in [3.63, 3.8) is 0 Å². The molecule has 0 saturated heterocycles. The Morgan fingerprint density at radius 2 is 1.73 bits per heavy atom. The van der Waals surface area contributed by atoms with Crippen LogP contribution >= 0.6 is 0 Å². The third-order valence-electron chi connectivity index (χ3n) is 4.57. The Hall–Kier alpha value is -4.12. The minimum absolute atomic E-state index is 0.179. The van der Waals surface area contributed by atoms with Crippen molar-refractivity contribution in [3.8, 4) is 5.75 Å². The van der Waals surface area contributed by atoms with Crippen molar-refractivity contribution >= 4 is 23.5 Å². The predicted octanol–water partition coefficient (Wildman–Crippen LogP) is 5.58. The van der Waals surface area contributed by atoms with Crippen molar-refractivity contribution in [2.75, 3.05) is 5.32 Å². The molecule has 0 radical (unpaired) electrons. The minimum atomic E-state index is -0.309. The largest absolute Gasteiger partial charge is 0.507 e. The van der Waals surface area contributed by atoms with Crippen LogP contribution in [0.1, 0.15) is 27.2 Å². The number of anilines is 1. The number of hydrogen-bond acceptors (Lipinski definition) is 4. The molecule has 4 aromatic rings. The Kier molecular flexibility index (Phi) is 5.71. The van der Waals surface area contributed by atoms with Crippen LogP contribution in [0.4, 0.5) is 11.4 Å². The third kappa shape index (κ3) is 4.83. The Bertz CT molecular complexity index is 1150. The molecule has 5 heteroatoms. The molecule has 0 spiro atoms. The first-order chi connectivity index (χ1) is 14.7. The van der Waals surface area contributed by atoms with E-state index in [1.54, 1.807) is 48.7 Å². The molecular weight excluding hydrogens is 376 g/mol. The van der Waals surface area contributed by atoms with Crippen LogP contribution in [0.25, 0.3) is 0 Å². The van der Waals surface area contributed by atoms with Gasteiger partial charge in [0.2, 0.25) is 0 Å². The van der Waals surface area contributed by atoms with Gasteiger partial charge in [0.1, 0.15) is 5.75 Å². The summed E-state index contributed by atoms with van der Waals surface area (Å²) in [4.78, 5) is 16.4. The van der Waals surface area contributed by atoms with Gasteiger partial charge in [-0.15, -0.1) is 0 Å². The van der Waals surface area contributed by atoms with Crippen molar-refractivity contribution in [1.29, 1.82) is 0 Å². The van der Waals surface area contributed by atoms with E-state index < -0.39 is 0 Å². The number of phenols is 1. The summed E-state index contributed by atoms with van der Waals surface area (Å²) >= 11 is 0. The van der Waals surface area contributed by atoms with E-state index in [1.807, 2.05) is 30.3 Å². The SMILES string of the molecule is O=C(Nc1ccc(N=Cc2cc(Cc3ccccc3)ccc2O)cc1)c1ccco1. The molecule has 148 valence electrons. The molecule has 3 aromatic carbocycles. The van der Waals surface area contributed by atoms with E-state index in [2.05, 4.69) is 22.4 Å². The fourth-order valence-electron chi connectivity index (χ4n) is 3.02. The van der Waals surface area contributed by atoms with Crippen LogP contribution in [0.3, 0.4) is 0 Å². The van der Waals surface area contributed by atoms with E-state index in [4.69, 9.17) is 4.42 Å². The number of phenolic OH excluding ortho intramolecular Hbond substituents is 1. The lowest BCUT2D eigenvalue weighted by Crippen LogP contribution is -2.10. The highest BCUT2D eigenvalue weighted by atomic mass is 16.3. The number of nitrogens with one attached hydrogen (secondary N) is 1. The number of amides is 1. The average molecular weight is 396 g/mol. The fourth-order valence-corrected chi connectivity index (χ4v) is 3.02. The van der Waals surface area contributed by atoms with Gasteiger partial charge in [0.05, 0.1) is 12.0 Å². The van der Waals surface area contributed by atoms with Gasteiger partial charge < -0.3 is 14.8 Å². The number of furan rings is 1. The van der Waals surface area contributed by atoms with Gasteiger partial charge in [-0.25, -0.2) is 0 Å². The first-order valence-corrected chi connectivity index (χ1v) is 9.52. The lowest BCUT2D eigenvalue weighted by Gasteiger charge is -2.06. The molecule has 30 heavy (non-hydrogen) atoms. The number of rotatable bonds is 6. The zero-order valence-corrected chi connectivity index (χ0v) is 16.2. The maximum Gasteiger partial charge on any atom is 0.291 e. The Morgan fingerprint density at radius 3 is 2.47 bits per heavy atom. The number of benzene rings is 3. The molecule has 1 aromatic heterocycles. The van der Waals surface area contributed by atoms with Crippen molar-refractivity contribution in [2.24, 2.45) is 4.99 Å². The quantitative estimate of drug-likeness (QED) is 0.418. The van der Waals surface area contributed by atoms with Gasteiger partial charge in [-0.2, -0.15) is 0 Å². The maximum absolute atomic E-state index is 12.0. The highest BCUT2D eigenvalue weighted by molar-refractivity contribution is 6.02. The molecule has 1 amide bonds. The number of aliphatic imine (C=N–C) groups is 1. The lowest BCUT2D eigenvalue weighted by atomic mass is 10.0. The van der Waals surface area contributed by atoms with Crippen LogP contribution < -0.4 is 5.32 Å². The summed E-state index contributed by atoms with van der Waals surface area (Å²) in [5.74, 6) is 0.122. The molecule has 0 bridgehead atoms. The highest BCUT2D eigenvalue weighted by Gasteiger charge is 2.08. The lowest BCUT2D eigenvalue weighted by molar-refractivity contribution is 0.0996. The van der Waals surface area contributed by atoms with Crippen LogP contribution in [-0.2, 0) is 6.42 Å². The zero-order chi connectivity index (χ0) is 20.8. The monoisotopic (exact) mass is 396 g/mol. The first-order valence-electron chi connectivity index (χ1n) is 9.52. The normalized spacial score (nSPS) is 10.9. The van der Waals surface area contributed by atoms with Gasteiger partial charge in [0.15, 0.2) is 5.76 Å². The molecule has 0 aliphatic rings. The molecular formula is C25H20N2O3.